The molecule has 1 N–H and O–H groups in total. The number of hydrogen-bond donors (Lipinski definition) is 1. The van der Waals surface area contributed by atoms with Gasteiger partial charge in [-0.25, -0.2) is 0 Å². The second-order valence-electron chi connectivity index (χ2n) is 7.85. The fourth-order valence-electron chi connectivity index (χ4n) is 4.59. The lowest BCUT2D eigenvalue weighted by Gasteiger charge is -2.32. The van der Waals surface area contributed by atoms with Gasteiger partial charge in [-0.2, -0.15) is 0 Å². The highest BCUT2D eigenvalue weighted by Crippen LogP contribution is 2.33. The third-order valence-electron chi connectivity index (χ3n) is 6.12. The maximum Gasteiger partial charge on any atom is 0.0510 e. The molecule has 1 aliphatic heterocycles. The number of piperidine rings is 1. The predicted octanol–water partition coefficient (Wildman–Crippen LogP) is 6.21. The molecular formula is C26H26N2. The largest absolute Gasteiger partial charge is 0.354 e. The molecule has 2 heteroatoms. The van der Waals surface area contributed by atoms with Crippen molar-refractivity contribution in [3.8, 4) is 11.3 Å². The van der Waals surface area contributed by atoms with Crippen LogP contribution in [0.2, 0.25) is 0 Å². The molecule has 4 aromatic rings. The van der Waals surface area contributed by atoms with Gasteiger partial charge in [0.2, 0.25) is 0 Å². The Morgan fingerprint density at radius 3 is 2.14 bits per heavy atom. The zero-order chi connectivity index (χ0) is 18.8. The monoisotopic (exact) mass is 366 g/mol. The van der Waals surface area contributed by atoms with Crippen molar-refractivity contribution in [2.45, 2.75) is 25.3 Å². The molecule has 0 unspecified atom stereocenters. The van der Waals surface area contributed by atoms with E-state index in [0.717, 1.165) is 19.6 Å². The van der Waals surface area contributed by atoms with E-state index in [4.69, 9.17) is 0 Å². The van der Waals surface area contributed by atoms with Crippen LogP contribution in [0.5, 0.6) is 0 Å². The summed E-state index contributed by atoms with van der Waals surface area (Å²) >= 11 is 0. The van der Waals surface area contributed by atoms with Crippen molar-refractivity contribution in [3.05, 3.63) is 96.1 Å². The van der Waals surface area contributed by atoms with Crippen molar-refractivity contribution in [2.75, 3.05) is 13.1 Å². The number of para-hydroxylation sites is 1. The van der Waals surface area contributed by atoms with Crippen molar-refractivity contribution in [3.63, 3.8) is 0 Å². The van der Waals surface area contributed by atoms with Crippen molar-refractivity contribution in [1.29, 1.82) is 0 Å². The van der Waals surface area contributed by atoms with Gasteiger partial charge >= 0.3 is 0 Å². The quantitative estimate of drug-likeness (QED) is 0.454. The maximum absolute atomic E-state index is 3.68. The molecule has 1 aromatic heterocycles. The van der Waals surface area contributed by atoms with Crippen molar-refractivity contribution < 1.29 is 0 Å². The second kappa shape index (κ2) is 7.65. The summed E-state index contributed by atoms with van der Waals surface area (Å²) in [5, 5.41) is 1.35. The van der Waals surface area contributed by atoms with Gasteiger partial charge in [-0.1, -0.05) is 78.9 Å². The molecule has 28 heavy (non-hydrogen) atoms. The molecule has 1 fully saturated rings. The average molecular weight is 367 g/mol. The Morgan fingerprint density at radius 1 is 0.750 bits per heavy atom. The van der Waals surface area contributed by atoms with E-state index < -0.39 is 0 Å². The number of nitrogens with one attached hydrogen (secondary N) is 1. The Hall–Kier alpha value is -2.84. The number of aromatic amines is 1. The van der Waals surface area contributed by atoms with Crippen LogP contribution in [0.4, 0.5) is 0 Å². The molecule has 2 heterocycles. The number of rotatable bonds is 4. The molecule has 2 nitrogen and oxygen atoms in total. The van der Waals surface area contributed by atoms with E-state index in [-0.39, 0.29) is 0 Å². The minimum atomic E-state index is 0.703. The van der Waals surface area contributed by atoms with E-state index >= 15 is 0 Å². The number of likely N-dealkylation sites (tertiary alicyclic amines) is 1. The molecule has 1 saturated heterocycles. The van der Waals surface area contributed by atoms with Gasteiger partial charge in [0.1, 0.15) is 0 Å². The van der Waals surface area contributed by atoms with Crippen LogP contribution in [0.25, 0.3) is 22.2 Å². The molecule has 140 valence electrons. The van der Waals surface area contributed by atoms with Gasteiger partial charge in [0.15, 0.2) is 0 Å². The smallest absolute Gasteiger partial charge is 0.0510 e. The van der Waals surface area contributed by atoms with Gasteiger partial charge in [0.25, 0.3) is 0 Å². The van der Waals surface area contributed by atoms with Crippen LogP contribution < -0.4 is 0 Å². The highest BCUT2D eigenvalue weighted by atomic mass is 15.1. The van der Waals surface area contributed by atoms with Gasteiger partial charge in [-0.15, -0.1) is 0 Å². The van der Waals surface area contributed by atoms with Crippen LogP contribution in [0.15, 0.2) is 84.9 Å². The summed E-state index contributed by atoms with van der Waals surface area (Å²) in [6.07, 6.45) is 2.49. The molecule has 0 radical (unpaired) electrons. The molecule has 0 saturated carbocycles. The topological polar surface area (TPSA) is 19.0 Å². The number of H-pyrrole nitrogens is 1. The molecule has 5 rings (SSSR count). The van der Waals surface area contributed by atoms with Gasteiger partial charge in [-0.3, -0.25) is 4.90 Å². The van der Waals surface area contributed by atoms with Gasteiger partial charge < -0.3 is 4.98 Å². The van der Waals surface area contributed by atoms with Crippen molar-refractivity contribution in [2.24, 2.45) is 0 Å². The number of hydrogen-bond acceptors (Lipinski definition) is 1. The van der Waals surface area contributed by atoms with Crippen molar-refractivity contribution in [1.82, 2.24) is 9.88 Å². The number of benzene rings is 3. The molecule has 1 aliphatic rings. The first-order chi connectivity index (χ1) is 13.9. The summed E-state index contributed by atoms with van der Waals surface area (Å²) in [4.78, 5) is 6.30. The van der Waals surface area contributed by atoms with E-state index in [2.05, 4.69) is 94.8 Å². The Labute approximate surface area is 166 Å². The van der Waals surface area contributed by atoms with E-state index in [9.17, 15) is 0 Å². The minimum Gasteiger partial charge on any atom is -0.354 e. The lowest BCUT2D eigenvalue weighted by atomic mass is 9.89. The van der Waals surface area contributed by atoms with Crippen LogP contribution in [0.3, 0.4) is 0 Å². The second-order valence-corrected chi connectivity index (χ2v) is 7.85. The average Bonchev–Trinajstić information content (AvgIpc) is 3.14. The summed E-state index contributed by atoms with van der Waals surface area (Å²) in [7, 11) is 0. The number of nitrogens with zero attached hydrogens (tertiary/aromatic N) is 1. The Kier molecular flexibility index (Phi) is 4.72. The maximum atomic E-state index is 3.68. The summed E-state index contributed by atoms with van der Waals surface area (Å²) < 4.78 is 0. The molecule has 0 amide bonds. The van der Waals surface area contributed by atoms with Crippen LogP contribution in [0.1, 0.15) is 29.9 Å². The van der Waals surface area contributed by atoms with Crippen LogP contribution in [-0.2, 0) is 6.54 Å². The van der Waals surface area contributed by atoms with Crippen LogP contribution >= 0.6 is 0 Å². The highest BCUT2D eigenvalue weighted by molar-refractivity contribution is 5.90. The van der Waals surface area contributed by atoms with E-state index in [0.29, 0.717) is 5.92 Å². The lowest BCUT2D eigenvalue weighted by Crippen LogP contribution is -2.32. The third-order valence-corrected chi connectivity index (χ3v) is 6.12. The third kappa shape index (κ3) is 3.36. The zero-order valence-corrected chi connectivity index (χ0v) is 16.1. The fourth-order valence-corrected chi connectivity index (χ4v) is 4.59. The summed E-state index contributed by atoms with van der Waals surface area (Å²) in [6.45, 7) is 3.33. The first-order valence-electron chi connectivity index (χ1n) is 10.3. The standard InChI is InChI=1S/C26H26N2/c1-3-9-20(10-4-1)21-15-17-28(18-16-21)19-24-23-13-7-8-14-25(23)27-26(24)22-11-5-2-6-12-22/h1-14,21,27H,15-19H2. The molecular weight excluding hydrogens is 340 g/mol. The lowest BCUT2D eigenvalue weighted by molar-refractivity contribution is 0.205. The Balaban J connectivity index is 1.40. The zero-order valence-electron chi connectivity index (χ0n) is 16.1. The molecule has 0 bridgehead atoms. The van der Waals surface area contributed by atoms with Crippen LogP contribution in [0, 0.1) is 0 Å². The summed E-state index contributed by atoms with van der Waals surface area (Å²) in [5.41, 5.74) is 6.70. The number of aromatic nitrogens is 1. The van der Waals surface area contributed by atoms with Gasteiger partial charge in [-0.05, 0) is 54.6 Å². The van der Waals surface area contributed by atoms with E-state index in [1.165, 1.54) is 46.1 Å². The van der Waals surface area contributed by atoms with Crippen LogP contribution in [-0.4, -0.2) is 23.0 Å². The normalized spacial score (nSPS) is 15.9. The van der Waals surface area contributed by atoms with E-state index in [1.54, 1.807) is 0 Å². The number of fused-ring (bicyclic) bond motifs is 1. The minimum absolute atomic E-state index is 0.703. The fraction of sp³-hybridized carbons (Fsp3) is 0.231. The molecule has 0 spiro atoms. The Bertz CT molecular complexity index is 1040. The summed E-state index contributed by atoms with van der Waals surface area (Å²) in [5.74, 6) is 0.703. The Morgan fingerprint density at radius 2 is 1.39 bits per heavy atom. The molecule has 0 atom stereocenters. The van der Waals surface area contributed by atoms with Crippen molar-refractivity contribution >= 4 is 10.9 Å². The SMILES string of the molecule is c1ccc(-c2[nH]c3ccccc3c2CN2CCC(c3ccccc3)CC2)cc1. The van der Waals surface area contributed by atoms with Gasteiger partial charge in [0, 0.05) is 17.4 Å². The summed E-state index contributed by atoms with van der Waals surface area (Å²) in [6, 6.07) is 30.5. The highest BCUT2D eigenvalue weighted by Gasteiger charge is 2.22. The first kappa shape index (κ1) is 17.3. The molecule has 0 aliphatic carbocycles. The van der Waals surface area contributed by atoms with Gasteiger partial charge in [0.05, 0.1) is 5.69 Å². The van der Waals surface area contributed by atoms with E-state index in [1.807, 2.05) is 0 Å². The predicted molar refractivity (Wildman–Crippen MR) is 117 cm³/mol. The molecule has 3 aromatic carbocycles. The first-order valence-corrected chi connectivity index (χ1v) is 10.3.